The van der Waals surface area contributed by atoms with Crippen LogP contribution in [0.5, 0.6) is 0 Å². The van der Waals surface area contributed by atoms with Gasteiger partial charge in [0, 0.05) is 31.4 Å². The molecule has 0 atom stereocenters. The van der Waals surface area contributed by atoms with E-state index in [0.29, 0.717) is 47.9 Å². The molecule has 3 N–H and O–H groups in total. The van der Waals surface area contributed by atoms with Crippen LogP contribution in [0.15, 0.2) is 57.8 Å². The summed E-state index contributed by atoms with van der Waals surface area (Å²) in [5.41, 5.74) is 1.28. The Morgan fingerprint density at radius 3 is 2.68 bits per heavy atom. The average Bonchev–Trinajstić information content (AvgIpc) is 3.42. The molecule has 4 aromatic heterocycles. The minimum atomic E-state index is -0.338. The van der Waals surface area contributed by atoms with Crippen LogP contribution in [-0.4, -0.2) is 39.1 Å². The number of aryl methyl sites for hydroxylation is 2. The Kier molecular flexibility index (Phi) is 5.88. The Morgan fingerprint density at radius 1 is 1.00 bits per heavy atom. The van der Waals surface area contributed by atoms with Crippen molar-refractivity contribution < 1.29 is 13.7 Å². The number of carbonyl (C=O) groups excluding carboxylic acids is 1. The lowest BCUT2D eigenvalue weighted by Crippen LogP contribution is -2.29. The zero-order valence-corrected chi connectivity index (χ0v) is 17.0. The SMILES string of the molecule is Cc1ccnc(Nc2cc(NCCNC(=O)c3cc(-c4ccco4)on3)nc(C)n2)c1. The summed E-state index contributed by atoms with van der Waals surface area (Å²) >= 11 is 0. The van der Waals surface area contributed by atoms with Crippen molar-refractivity contribution in [2.75, 3.05) is 23.7 Å². The summed E-state index contributed by atoms with van der Waals surface area (Å²) in [6.07, 6.45) is 3.26. The van der Waals surface area contributed by atoms with Gasteiger partial charge in [-0.2, -0.15) is 0 Å². The van der Waals surface area contributed by atoms with E-state index < -0.39 is 0 Å². The Balaban J connectivity index is 1.29. The summed E-state index contributed by atoms with van der Waals surface area (Å²) in [7, 11) is 0. The fourth-order valence-corrected chi connectivity index (χ4v) is 2.83. The normalized spacial score (nSPS) is 10.6. The quantitative estimate of drug-likeness (QED) is 0.368. The fourth-order valence-electron chi connectivity index (χ4n) is 2.83. The number of nitrogens with zero attached hydrogens (tertiary/aromatic N) is 4. The molecule has 0 saturated heterocycles. The van der Waals surface area contributed by atoms with Gasteiger partial charge < -0.3 is 24.9 Å². The molecule has 10 heteroatoms. The van der Waals surface area contributed by atoms with Crippen molar-refractivity contribution in [3.8, 4) is 11.5 Å². The molecule has 0 saturated carbocycles. The Hall–Kier alpha value is -4.21. The number of aromatic nitrogens is 4. The summed E-state index contributed by atoms with van der Waals surface area (Å²) in [6, 6.07) is 10.6. The zero-order valence-electron chi connectivity index (χ0n) is 17.0. The molecule has 0 radical (unpaired) electrons. The highest BCUT2D eigenvalue weighted by Gasteiger charge is 2.14. The third kappa shape index (κ3) is 5.24. The summed E-state index contributed by atoms with van der Waals surface area (Å²) in [6.45, 7) is 4.64. The second-order valence-electron chi connectivity index (χ2n) is 6.77. The molecule has 0 aliphatic carbocycles. The molecular formula is C21H21N7O3. The van der Waals surface area contributed by atoms with Crippen molar-refractivity contribution >= 4 is 23.4 Å². The number of anilines is 3. The number of hydrogen-bond acceptors (Lipinski definition) is 9. The molecule has 31 heavy (non-hydrogen) atoms. The molecule has 0 unspecified atom stereocenters. The number of hydrogen-bond donors (Lipinski definition) is 3. The van der Waals surface area contributed by atoms with Gasteiger partial charge in [0.15, 0.2) is 11.5 Å². The molecule has 4 heterocycles. The van der Waals surface area contributed by atoms with Crippen molar-refractivity contribution in [3.63, 3.8) is 0 Å². The number of amides is 1. The van der Waals surface area contributed by atoms with Gasteiger partial charge >= 0.3 is 0 Å². The maximum absolute atomic E-state index is 12.2. The number of nitrogens with one attached hydrogen (secondary N) is 3. The number of pyridine rings is 1. The van der Waals surface area contributed by atoms with Gasteiger partial charge in [-0.15, -0.1) is 0 Å². The van der Waals surface area contributed by atoms with E-state index in [-0.39, 0.29) is 11.6 Å². The lowest BCUT2D eigenvalue weighted by Gasteiger charge is -2.10. The monoisotopic (exact) mass is 419 g/mol. The van der Waals surface area contributed by atoms with Gasteiger partial charge in [0.05, 0.1) is 6.26 Å². The third-order valence-corrected chi connectivity index (χ3v) is 4.23. The van der Waals surface area contributed by atoms with Crippen molar-refractivity contribution in [1.82, 2.24) is 25.4 Å². The van der Waals surface area contributed by atoms with Crippen molar-refractivity contribution in [3.05, 3.63) is 65.9 Å². The van der Waals surface area contributed by atoms with Crippen LogP contribution in [0.25, 0.3) is 11.5 Å². The van der Waals surface area contributed by atoms with Crippen LogP contribution >= 0.6 is 0 Å². The highest BCUT2D eigenvalue weighted by atomic mass is 16.5. The first-order valence-electron chi connectivity index (χ1n) is 9.65. The van der Waals surface area contributed by atoms with Crippen LogP contribution < -0.4 is 16.0 Å². The second kappa shape index (κ2) is 9.08. The number of rotatable bonds is 8. The highest BCUT2D eigenvalue weighted by molar-refractivity contribution is 5.92. The van der Waals surface area contributed by atoms with Gasteiger partial charge in [-0.1, -0.05) is 5.16 Å². The highest BCUT2D eigenvalue weighted by Crippen LogP contribution is 2.20. The summed E-state index contributed by atoms with van der Waals surface area (Å²) in [5, 5.41) is 12.9. The first-order valence-corrected chi connectivity index (χ1v) is 9.65. The first kappa shape index (κ1) is 20.1. The Morgan fingerprint density at radius 2 is 1.87 bits per heavy atom. The molecule has 0 fully saturated rings. The van der Waals surface area contributed by atoms with Gasteiger partial charge in [-0.3, -0.25) is 4.79 Å². The largest absolute Gasteiger partial charge is 0.461 e. The van der Waals surface area contributed by atoms with Gasteiger partial charge in [0.2, 0.25) is 5.76 Å². The summed E-state index contributed by atoms with van der Waals surface area (Å²) < 4.78 is 10.4. The molecule has 0 aromatic carbocycles. The third-order valence-electron chi connectivity index (χ3n) is 4.23. The van der Waals surface area contributed by atoms with Crippen LogP contribution in [0.4, 0.5) is 17.5 Å². The maximum atomic E-state index is 12.2. The molecule has 158 valence electrons. The molecular weight excluding hydrogens is 398 g/mol. The lowest BCUT2D eigenvalue weighted by atomic mass is 10.3. The molecule has 1 amide bonds. The Labute approximate surface area is 178 Å². The van der Waals surface area contributed by atoms with Gasteiger partial charge in [0.25, 0.3) is 5.91 Å². The molecule has 0 spiro atoms. The second-order valence-corrected chi connectivity index (χ2v) is 6.77. The minimum Gasteiger partial charge on any atom is -0.461 e. The van der Waals surface area contributed by atoms with Crippen LogP contribution in [0.2, 0.25) is 0 Å². The van der Waals surface area contributed by atoms with Crippen LogP contribution in [-0.2, 0) is 0 Å². The van der Waals surface area contributed by atoms with E-state index >= 15 is 0 Å². The van der Waals surface area contributed by atoms with E-state index in [1.54, 1.807) is 24.4 Å². The smallest absolute Gasteiger partial charge is 0.273 e. The van der Waals surface area contributed by atoms with E-state index in [0.717, 1.165) is 5.56 Å². The van der Waals surface area contributed by atoms with Crippen LogP contribution in [0.3, 0.4) is 0 Å². The molecule has 0 aliphatic rings. The van der Waals surface area contributed by atoms with Gasteiger partial charge in [-0.05, 0) is 43.7 Å². The van der Waals surface area contributed by atoms with E-state index in [1.165, 1.54) is 12.3 Å². The number of carbonyl (C=O) groups is 1. The van der Waals surface area contributed by atoms with Crippen LogP contribution in [0.1, 0.15) is 21.9 Å². The van der Waals surface area contributed by atoms with E-state index in [1.807, 2.05) is 26.0 Å². The van der Waals surface area contributed by atoms with Gasteiger partial charge in [0.1, 0.15) is 23.3 Å². The predicted octanol–water partition coefficient (Wildman–Crippen LogP) is 3.32. The van der Waals surface area contributed by atoms with E-state index in [2.05, 4.69) is 36.1 Å². The average molecular weight is 419 g/mol. The van der Waals surface area contributed by atoms with Crippen LogP contribution in [0, 0.1) is 13.8 Å². The fraction of sp³-hybridized carbons (Fsp3) is 0.190. The van der Waals surface area contributed by atoms with E-state index in [9.17, 15) is 4.79 Å². The van der Waals surface area contributed by atoms with Crippen molar-refractivity contribution in [2.24, 2.45) is 0 Å². The topological polar surface area (TPSA) is 131 Å². The molecule has 0 aliphatic heterocycles. The van der Waals surface area contributed by atoms with Crippen molar-refractivity contribution in [2.45, 2.75) is 13.8 Å². The predicted molar refractivity (Wildman–Crippen MR) is 114 cm³/mol. The maximum Gasteiger partial charge on any atom is 0.273 e. The van der Waals surface area contributed by atoms with Crippen molar-refractivity contribution in [1.29, 1.82) is 0 Å². The Bertz CT molecular complexity index is 1170. The first-order chi connectivity index (χ1) is 15.1. The van der Waals surface area contributed by atoms with Gasteiger partial charge in [-0.25, -0.2) is 15.0 Å². The molecule has 10 nitrogen and oxygen atoms in total. The molecule has 4 rings (SSSR count). The summed E-state index contributed by atoms with van der Waals surface area (Å²) in [4.78, 5) is 25.3. The summed E-state index contributed by atoms with van der Waals surface area (Å²) in [5.74, 6) is 3.15. The van der Waals surface area contributed by atoms with E-state index in [4.69, 9.17) is 8.94 Å². The molecule has 0 bridgehead atoms. The minimum absolute atomic E-state index is 0.182. The zero-order chi connectivity index (χ0) is 21.6. The molecule has 4 aromatic rings. The lowest BCUT2D eigenvalue weighted by molar-refractivity contribution is 0.0946. The standard InChI is InChI=1S/C21H21N7O3/c1-13-5-6-22-18(10-13)27-20-12-19(25-14(2)26-20)23-7-8-24-21(29)15-11-17(31-28-15)16-4-3-9-30-16/h3-6,9-12H,7-8H2,1-2H3,(H,24,29)(H2,22,23,25,26,27). The number of furan rings is 1.